The van der Waals surface area contributed by atoms with Crippen LogP contribution in [0.1, 0.15) is 34.2 Å². The molecule has 1 unspecified atom stereocenters. The second-order valence-electron chi connectivity index (χ2n) is 6.02. The van der Waals surface area contributed by atoms with E-state index in [0.29, 0.717) is 16.3 Å². The molecular weight excluding hydrogens is 356 g/mol. The molecule has 4 nitrogen and oxygen atoms in total. The van der Waals surface area contributed by atoms with Crippen LogP contribution < -0.4 is 4.74 Å². The summed E-state index contributed by atoms with van der Waals surface area (Å²) < 4.78 is 6.50. The zero-order valence-electron chi connectivity index (χ0n) is 13.7. The number of rotatable bonds is 3. The van der Waals surface area contributed by atoms with Gasteiger partial charge in [0.15, 0.2) is 0 Å². The Kier molecular flexibility index (Phi) is 4.36. The molecule has 1 aliphatic rings. The molecule has 1 fully saturated rings. The van der Waals surface area contributed by atoms with E-state index in [-0.39, 0.29) is 11.9 Å². The number of thiazole rings is 1. The van der Waals surface area contributed by atoms with E-state index >= 15 is 0 Å². The Morgan fingerprint density at radius 2 is 2.16 bits per heavy atom. The lowest BCUT2D eigenvalue weighted by atomic mass is 10.1. The molecule has 1 aromatic heterocycles. The van der Waals surface area contributed by atoms with E-state index in [0.717, 1.165) is 34.6 Å². The Balaban J connectivity index is 1.69. The Hall–Kier alpha value is -2.11. The number of hydrogen-bond donors (Lipinski definition) is 0. The zero-order chi connectivity index (χ0) is 17.4. The van der Waals surface area contributed by atoms with Gasteiger partial charge in [-0.1, -0.05) is 23.7 Å². The molecule has 2 aromatic carbocycles. The van der Waals surface area contributed by atoms with Crippen molar-refractivity contribution in [2.24, 2.45) is 0 Å². The predicted octanol–water partition coefficient (Wildman–Crippen LogP) is 4.94. The van der Waals surface area contributed by atoms with Gasteiger partial charge in [-0.15, -0.1) is 11.3 Å². The molecular formula is C19H17ClN2O2S. The van der Waals surface area contributed by atoms with Crippen molar-refractivity contribution in [3.05, 3.63) is 58.1 Å². The van der Waals surface area contributed by atoms with Gasteiger partial charge in [0.05, 0.1) is 28.9 Å². The molecule has 1 amide bonds. The molecule has 128 valence electrons. The number of fused-ring (bicyclic) bond motifs is 1. The van der Waals surface area contributed by atoms with Crippen LogP contribution in [0.4, 0.5) is 0 Å². The molecule has 0 saturated carbocycles. The monoisotopic (exact) mass is 372 g/mol. The first-order valence-corrected chi connectivity index (χ1v) is 9.37. The first-order chi connectivity index (χ1) is 12.2. The molecule has 1 atom stereocenters. The highest BCUT2D eigenvalue weighted by Crippen LogP contribution is 2.38. The SMILES string of the molecule is COc1ccc(Cl)cc1C(=O)N1CCCC1c1nc2ccccc2s1. The van der Waals surface area contributed by atoms with E-state index in [9.17, 15) is 4.79 Å². The van der Waals surface area contributed by atoms with Crippen LogP contribution in [0, 0.1) is 0 Å². The molecule has 0 N–H and O–H groups in total. The van der Waals surface area contributed by atoms with Gasteiger partial charge in [-0.25, -0.2) is 4.98 Å². The Labute approximate surface area is 155 Å². The quantitative estimate of drug-likeness (QED) is 0.654. The summed E-state index contributed by atoms with van der Waals surface area (Å²) >= 11 is 7.76. The van der Waals surface area contributed by atoms with Crippen LogP contribution in [0.3, 0.4) is 0 Å². The van der Waals surface area contributed by atoms with Gasteiger partial charge in [-0.05, 0) is 43.2 Å². The predicted molar refractivity (Wildman–Crippen MR) is 101 cm³/mol. The van der Waals surface area contributed by atoms with Crippen molar-refractivity contribution in [1.82, 2.24) is 9.88 Å². The zero-order valence-corrected chi connectivity index (χ0v) is 15.3. The summed E-state index contributed by atoms with van der Waals surface area (Å²) in [6.45, 7) is 0.717. The number of nitrogens with zero attached hydrogens (tertiary/aromatic N) is 2. The fourth-order valence-electron chi connectivity index (χ4n) is 3.30. The number of likely N-dealkylation sites (tertiary alicyclic amines) is 1. The van der Waals surface area contributed by atoms with E-state index < -0.39 is 0 Å². The van der Waals surface area contributed by atoms with E-state index in [1.54, 1.807) is 36.6 Å². The van der Waals surface area contributed by atoms with Crippen LogP contribution >= 0.6 is 22.9 Å². The number of aromatic nitrogens is 1. The normalized spacial score (nSPS) is 17.2. The maximum Gasteiger partial charge on any atom is 0.258 e. The summed E-state index contributed by atoms with van der Waals surface area (Å²) in [5, 5.41) is 1.52. The van der Waals surface area contributed by atoms with Crippen molar-refractivity contribution in [3.8, 4) is 5.75 Å². The number of ether oxygens (including phenoxy) is 1. The Morgan fingerprint density at radius 1 is 1.32 bits per heavy atom. The maximum absolute atomic E-state index is 13.1. The third-order valence-electron chi connectivity index (χ3n) is 4.50. The van der Waals surface area contributed by atoms with Crippen LogP contribution in [0.5, 0.6) is 5.75 Å². The average Bonchev–Trinajstić information content (AvgIpc) is 3.27. The molecule has 25 heavy (non-hydrogen) atoms. The molecule has 0 radical (unpaired) electrons. The standard InChI is InChI=1S/C19H17ClN2O2S/c1-24-16-9-8-12(20)11-13(16)19(23)22-10-4-6-15(22)18-21-14-5-2-3-7-17(14)25-18/h2-3,5,7-9,11,15H,4,6,10H2,1H3. The smallest absolute Gasteiger partial charge is 0.258 e. The van der Waals surface area contributed by atoms with Crippen molar-refractivity contribution < 1.29 is 9.53 Å². The van der Waals surface area contributed by atoms with Gasteiger partial charge in [0.25, 0.3) is 5.91 Å². The maximum atomic E-state index is 13.1. The highest BCUT2D eigenvalue weighted by atomic mass is 35.5. The van der Waals surface area contributed by atoms with Crippen LogP contribution in [0.15, 0.2) is 42.5 Å². The lowest BCUT2D eigenvalue weighted by molar-refractivity contribution is 0.0732. The van der Waals surface area contributed by atoms with Gasteiger partial charge in [-0.2, -0.15) is 0 Å². The number of benzene rings is 2. The number of amides is 1. The largest absolute Gasteiger partial charge is 0.496 e. The summed E-state index contributed by atoms with van der Waals surface area (Å²) in [5.74, 6) is 0.491. The summed E-state index contributed by atoms with van der Waals surface area (Å²) in [7, 11) is 1.56. The number of methoxy groups -OCH3 is 1. The van der Waals surface area contributed by atoms with Gasteiger partial charge in [0.2, 0.25) is 0 Å². The molecule has 6 heteroatoms. The van der Waals surface area contributed by atoms with Crippen molar-refractivity contribution in [2.75, 3.05) is 13.7 Å². The lowest BCUT2D eigenvalue weighted by Crippen LogP contribution is -2.30. The molecule has 4 rings (SSSR count). The average molecular weight is 373 g/mol. The highest BCUT2D eigenvalue weighted by Gasteiger charge is 2.34. The summed E-state index contributed by atoms with van der Waals surface area (Å²) in [6, 6.07) is 13.2. The number of para-hydroxylation sites is 1. The van der Waals surface area contributed by atoms with Crippen molar-refractivity contribution in [3.63, 3.8) is 0 Å². The second kappa shape index (κ2) is 6.65. The van der Waals surface area contributed by atoms with E-state index in [1.165, 1.54) is 0 Å². The summed E-state index contributed by atoms with van der Waals surface area (Å²) in [4.78, 5) is 19.8. The van der Waals surface area contributed by atoms with Gasteiger partial charge < -0.3 is 9.64 Å². The Bertz CT molecular complexity index is 907. The highest BCUT2D eigenvalue weighted by molar-refractivity contribution is 7.18. The van der Waals surface area contributed by atoms with Crippen molar-refractivity contribution in [2.45, 2.75) is 18.9 Å². The third-order valence-corrected chi connectivity index (χ3v) is 5.87. The first kappa shape index (κ1) is 16.4. The van der Waals surface area contributed by atoms with Gasteiger partial charge >= 0.3 is 0 Å². The number of carbonyl (C=O) groups is 1. The molecule has 1 aliphatic heterocycles. The minimum Gasteiger partial charge on any atom is -0.496 e. The second-order valence-corrected chi connectivity index (χ2v) is 7.52. The van der Waals surface area contributed by atoms with Gasteiger partial charge in [0.1, 0.15) is 10.8 Å². The topological polar surface area (TPSA) is 42.4 Å². The fourth-order valence-corrected chi connectivity index (χ4v) is 4.59. The van der Waals surface area contributed by atoms with Crippen molar-refractivity contribution >= 4 is 39.1 Å². The third kappa shape index (κ3) is 2.98. The number of carbonyl (C=O) groups excluding carboxylic acids is 1. The van der Waals surface area contributed by atoms with Crippen LogP contribution in [0.2, 0.25) is 5.02 Å². The minimum atomic E-state index is -0.0545. The fraction of sp³-hybridized carbons (Fsp3) is 0.263. The molecule has 0 spiro atoms. The molecule has 3 aromatic rings. The summed E-state index contributed by atoms with van der Waals surface area (Å²) in [5.41, 5.74) is 1.49. The summed E-state index contributed by atoms with van der Waals surface area (Å²) in [6.07, 6.45) is 1.89. The Morgan fingerprint density at radius 3 is 2.96 bits per heavy atom. The van der Waals surface area contributed by atoms with E-state index in [1.807, 2.05) is 23.1 Å². The molecule has 2 heterocycles. The number of halogens is 1. The van der Waals surface area contributed by atoms with Gasteiger partial charge in [0, 0.05) is 11.6 Å². The van der Waals surface area contributed by atoms with Crippen LogP contribution in [0.25, 0.3) is 10.2 Å². The van der Waals surface area contributed by atoms with E-state index in [4.69, 9.17) is 21.3 Å². The van der Waals surface area contributed by atoms with Crippen molar-refractivity contribution in [1.29, 1.82) is 0 Å². The van der Waals surface area contributed by atoms with Gasteiger partial charge in [-0.3, -0.25) is 4.79 Å². The van der Waals surface area contributed by atoms with Crippen LogP contribution in [-0.2, 0) is 0 Å². The first-order valence-electron chi connectivity index (χ1n) is 8.17. The number of hydrogen-bond acceptors (Lipinski definition) is 4. The molecule has 0 aliphatic carbocycles. The minimum absolute atomic E-state index is 0.00795. The van der Waals surface area contributed by atoms with E-state index in [2.05, 4.69) is 6.07 Å². The van der Waals surface area contributed by atoms with Crippen LogP contribution in [-0.4, -0.2) is 29.4 Å². The molecule has 0 bridgehead atoms. The molecule has 1 saturated heterocycles. The lowest BCUT2D eigenvalue weighted by Gasteiger charge is -2.24.